The summed E-state index contributed by atoms with van der Waals surface area (Å²) in [5.74, 6) is -1.49. The lowest BCUT2D eigenvalue weighted by molar-refractivity contribution is -0.137. The van der Waals surface area contributed by atoms with Crippen LogP contribution in [0.1, 0.15) is 15.9 Å². The van der Waals surface area contributed by atoms with E-state index in [1.165, 1.54) is 18.2 Å². The molecule has 0 amide bonds. The molecule has 2 aromatic carbocycles. The molecule has 8 heteroatoms. The molecule has 0 aliphatic carbocycles. The quantitative estimate of drug-likeness (QED) is 0.567. The van der Waals surface area contributed by atoms with Crippen molar-refractivity contribution in [3.05, 3.63) is 53.3 Å². The third kappa shape index (κ3) is 3.00. The van der Waals surface area contributed by atoms with Gasteiger partial charge in [-0.3, -0.25) is 4.79 Å². The van der Waals surface area contributed by atoms with Gasteiger partial charge in [-0.25, -0.2) is 9.37 Å². The molecule has 3 aromatic rings. The molecule has 0 aliphatic heterocycles. The van der Waals surface area contributed by atoms with Crippen molar-refractivity contribution in [1.29, 1.82) is 0 Å². The molecule has 3 rings (SSSR count). The Morgan fingerprint density at radius 2 is 1.92 bits per heavy atom. The maximum atomic E-state index is 13.5. The van der Waals surface area contributed by atoms with Gasteiger partial charge in [0, 0.05) is 11.1 Å². The van der Waals surface area contributed by atoms with Gasteiger partial charge in [-0.15, -0.1) is 0 Å². The summed E-state index contributed by atoms with van der Waals surface area (Å²) in [4.78, 5) is 18.3. The molecule has 24 heavy (non-hydrogen) atoms. The topological polar surface area (TPSA) is 66.0 Å². The lowest BCUT2D eigenvalue weighted by Gasteiger charge is -2.08. The minimum Gasteiger partial charge on any atom is -0.388 e. The fourth-order valence-electron chi connectivity index (χ4n) is 2.30. The summed E-state index contributed by atoms with van der Waals surface area (Å²) in [6, 6.07) is 6.49. The van der Waals surface area contributed by atoms with Crippen molar-refractivity contribution in [2.45, 2.75) is 6.18 Å². The van der Waals surface area contributed by atoms with Gasteiger partial charge >= 0.3 is 6.18 Å². The predicted molar refractivity (Wildman–Crippen MR) is 77.9 cm³/mol. The first-order chi connectivity index (χ1) is 11.3. The van der Waals surface area contributed by atoms with Crippen molar-refractivity contribution < 1.29 is 27.5 Å². The number of aliphatic hydroxyl groups excluding tert-OH is 1. The molecular formula is C16H10F4N2O2. The smallest absolute Gasteiger partial charge is 0.388 e. The molecule has 4 nitrogen and oxygen atoms in total. The molecule has 0 unspecified atom stereocenters. The Balaban J connectivity index is 2.10. The number of hydrogen-bond donors (Lipinski definition) is 2. The summed E-state index contributed by atoms with van der Waals surface area (Å²) in [6.07, 6.45) is -4.68. The number of nitrogens with one attached hydrogen (secondary N) is 1. The predicted octanol–water partition coefficient (Wildman–Crippen LogP) is 3.56. The third-order valence-electron chi connectivity index (χ3n) is 3.45. The molecule has 0 fully saturated rings. The molecule has 0 saturated carbocycles. The number of alkyl halides is 3. The number of carbonyl (C=O) groups excluding carboxylic acids is 1. The molecule has 0 radical (unpaired) electrons. The number of Topliss-reactive ketones (excluding diaryl/α,β-unsaturated/α-hetero) is 1. The number of aliphatic hydroxyl groups is 1. The zero-order valence-corrected chi connectivity index (χ0v) is 12.0. The Morgan fingerprint density at radius 3 is 2.58 bits per heavy atom. The standard InChI is InChI=1S/C16H10F4N2O2/c17-11-4-9(3-10(6-11)16(18,19)20)15-21-12-2-1-8(14(24)7-23)5-13(12)22-15/h1-6,23H,7H2,(H,21,22). The van der Waals surface area contributed by atoms with Crippen molar-refractivity contribution >= 4 is 16.8 Å². The van der Waals surface area contributed by atoms with Gasteiger partial charge in [0.25, 0.3) is 0 Å². The third-order valence-corrected chi connectivity index (χ3v) is 3.45. The van der Waals surface area contributed by atoms with E-state index in [9.17, 15) is 22.4 Å². The molecule has 0 spiro atoms. The molecule has 1 aromatic heterocycles. The van der Waals surface area contributed by atoms with Crippen molar-refractivity contribution in [2.24, 2.45) is 0 Å². The number of nitrogens with zero attached hydrogens (tertiary/aromatic N) is 1. The van der Waals surface area contributed by atoms with Crippen molar-refractivity contribution in [3.8, 4) is 11.4 Å². The minimum absolute atomic E-state index is 0.0450. The summed E-state index contributed by atoms with van der Waals surface area (Å²) in [6.45, 7) is -0.661. The van der Waals surface area contributed by atoms with E-state index in [1.54, 1.807) is 0 Å². The van der Waals surface area contributed by atoms with E-state index in [0.29, 0.717) is 17.1 Å². The monoisotopic (exact) mass is 338 g/mol. The Kier molecular flexibility index (Phi) is 3.84. The summed E-state index contributed by atoms with van der Waals surface area (Å²) < 4.78 is 51.9. The highest BCUT2D eigenvalue weighted by atomic mass is 19.4. The average molecular weight is 338 g/mol. The Bertz CT molecular complexity index is 931. The van der Waals surface area contributed by atoms with Gasteiger partial charge in [0.1, 0.15) is 18.2 Å². The molecule has 0 saturated heterocycles. The van der Waals surface area contributed by atoms with Crippen LogP contribution in [0.4, 0.5) is 17.6 Å². The first-order valence-electron chi connectivity index (χ1n) is 6.80. The van der Waals surface area contributed by atoms with Gasteiger partial charge in [-0.2, -0.15) is 13.2 Å². The number of hydrogen-bond acceptors (Lipinski definition) is 3. The van der Waals surface area contributed by atoms with E-state index >= 15 is 0 Å². The number of benzene rings is 2. The van der Waals surface area contributed by atoms with Crippen LogP contribution in [-0.4, -0.2) is 27.5 Å². The van der Waals surface area contributed by atoms with Crippen LogP contribution >= 0.6 is 0 Å². The molecule has 124 valence electrons. The highest BCUT2D eigenvalue weighted by molar-refractivity contribution is 5.99. The largest absolute Gasteiger partial charge is 0.416 e. The second kappa shape index (κ2) is 5.72. The van der Waals surface area contributed by atoms with Crippen LogP contribution in [0.3, 0.4) is 0 Å². The van der Waals surface area contributed by atoms with E-state index in [1.807, 2.05) is 0 Å². The summed E-state index contributed by atoms with van der Waals surface area (Å²) >= 11 is 0. The molecule has 0 bridgehead atoms. The van der Waals surface area contributed by atoms with Gasteiger partial charge in [0.15, 0.2) is 5.78 Å². The van der Waals surface area contributed by atoms with E-state index < -0.39 is 29.9 Å². The number of halogens is 4. The molecule has 0 atom stereocenters. The van der Waals surface area contributed by atoms with Gasteiger partial charge in [-0.05, 0) is 36.4 Å². The Hall–Kier alpha value is -2.74. The van der Waals surface area contributed by atoms with Gasteiger partial charge in [0.05, 0.1) is 16.6 Å². The zero-order valence-electron chi connectivity index (χ0n) is 12.0. The minimum atomic E-state index is -4.68. The van der Waals surface area contributed by atoms with Crippen LogP contribution in [0, 0.1) is 5.82 Å². The second-order valence-electron chi connectivity index (χ2n) is 5.12. The Morgan fingerprint density at radius 1 is 1.17 bits per heavy atom. The molecule has 1 heterocycles. The first-order valence-corrected chi connectivity index (χ1v) is 6.80. The number of imidazole rings is 1. The van der Waals surface area contributed by atoms with E-state index in [0.717, 1.165) is 12.1 Å². The van der Waals surface area contributed by atoms with Crippen LogP contribution in [0.25, 0.3) is 22.4 Å². The maximum Gasteiger partial charge on any atom is 0.416 e. The fraction of sp³-hybridized carbons (Fsp3) is 0.125. The zero-order chi connectivity index (χ0) is 17.5. The van der Waals surface area contributed by atoms with Crippen molar-refractivity contribution in [2.75, 3.05) is 6.61 Å². The van der Waals surface area contributed by atoms with Crippen LogP contribution in [0.2, 0.25) is 0 Å². The van der Waals surface area contributed by atoms with Crippen LogP contribution in [-0.2, 0) is 6.18 Å². The van der Waals surface area contributed by atoms with E-state index in [-0.39, 0.29) is 17.0 Å². The molecular weight excluding hydrogens is 328 g/mol. The number of ketones is 1. The first kappa shape index (κ1) is 16.1. The van der Waals surface area contributed by atoms with Gasteiger partial charge in [0.2, 0.25) is 0 Å². The van der Waals surface area contributed by atoms with Crippen molar-refractivity contribution in [3.63, 3.8) is 0 Å². The Labute approximate surface area is 132 Å². The number of aromatic nitrogens is 2. The highest BCUT2D eigenvalue weighted by Crippen LogP contribution is 2.33. The number of fused-ring (bicyclic) bond motifs is 1. The van der Waals surface area contributed by atoms with E-state index in [4.69, 9.17) is 5.11 Å². The lowest BCUT2D eigenvalue weighted by atomic mass is 10.1. The van der Waals surface area contributed by atoms with Crippen LogP contribution in [0.15, 0.2) is 36.4 Å². The average Bonchev–Trinajstić information content (AvgIpc) is 2.95. The SMILES string of the molecule is O=C(CO)c1ccc2nc(-c3cc(F)cc(C(F)(F)F)c3)[nH]c2c1. The summed E-state index contributed by atoms with van der Waals surface area (Å²) in [5, 5.41) is 8.86. The fourth-order valence-corrected chi connectivity index (χ4v) is 2.30. The number of aromatic amines is 1. The molecule has 2 N–H and O–H groups in total. The normalized spacial score (nSPS) is 11.9. The summed E-state index contributed by atoms with van der Waals surface area (Å²) in [5.41, 5.74) is -0.155. The highest BCUT2D eigenvalue weighted by Gasteiger charge is 2.31. The number of carbonyl (C=O) groups is 1. The number of H-pyrrole nitrogens is 1. The van der Waals surface area contributed by atoms with E-state index in [2.05, 4.69) is 9.97 Å². The number of rotatable bonds is 3. The van der Waals surface area contributed by atoms with Crippen LogP contribution < -0.4 is 0 Å². The van der Waals surface area contributed by atoms with Crippen molar-refractivity contribution in [1.82, 2.24) is 9.97 Å². The van der Waals surface area contributed by atoms with Gasteiger partial charge < -0.3 is 10.1 Å². The lowest BCUT2D eigenvalue weighted by Crippen LogP contribution is -2.05. The molecule has 0 aliphatic rings. The maximum absolute atomic E-state index is 13.5. The second-order valence-corrected chi connectivity index (χ2v) is 5.12. The van der Waals surface area contributed by atoms with Gasteiger partial charge in [-0.1, -0.05) is 0 Å². The summed E-state index contributed by atoms with van der Waals surface area (Å²) in [7, 11) is 0. The van der Waals surface area contributed by atoms with Crippen LogP contribution in [0.5, 0.6) is 0 Å².